The van der Waals surface area contributed by atoms with E-state index in [1.165, 1.54) is 0 Å². The normalized spacial score (nSPS) is 11.9. The van der Waals surface area contributed by atoms with Crippen molar-refractivity contribution in [2.75, 3.05) is 0 Å². The first-order chi connectivity index (χ1) is 11.6. The molecule has 1 amide bonds. The number of rotatable bonds is 9. The van der Waals surface area contributed by atoms with E-state index >= 15 is 0 Å². The highest BCUT2D eigenvalue weighted by Crippen LogP contribution is 2.09. The number of carbonyl (C=O) groups excluding carboxylic acids is 1. The largest absolute Gasteiger partial charge is 0.480 e. The molecule has 0 saturated heterocycles. The van der Waals surface area contributed by atoms with Crippen LogP contribution in [0.4, 0.5) is 0 Å². The SMILES string of the molecule is CCCCC(NC(=O)CCc1cnn(-c2ccccc2)c1)C(=O)O. The third-order valence-corrected chi connectivity index (χ3v) is 3.78. The van der Waals surface area contributed by atoms with E-state index in [2.05, 4.69) is 10.4 Å². The quantitative estimate of drug-likeness (QED) is 0.740. The van der Waals surface area contributed by atoms with Crippen LogP contribution in [-0.4, -0.2) is 32.8 Å². The molecule has 0 spiro atoms. The molecule has 0 aliphatic rings. The van der Waals surface area contributed by atoms with Crippen molar-refractivity contribution in [1.82, 2.24) is 15.1 Å². The van der Waals surface area contributed by atoms with Crippen molar-refractivity contribution in [3.05, 3.63) is 48.3 Å². The molecule has 2 aromatic rings. The molecule has 1 atom stereocenters. The van der Waals surface area contributed by atoms with Crippen molar-refractivity contribution in [3.8, 4) is 5.69 Å². The Hall–Kier alpha value is -2.63. The maximum atomic E-state index is 12.0. The van der Waals surface area contributed by atoms with Crippen LogP contribution in [0.5, 0.6) is 0 Å². The molecular weight excluding hydrogens is 306 g/mol. The second kappa shape index (κ2) is 8.86. The minimum absolute atomic E-state index is 0.244. The first-order valence-corrected chi connectivity index (χ1v) is 8.21. The molecule has 6 heteroatoms. The van der Waals surface area contributed by atoms with Crippen molar-refractivity contribution < 1.29 is 14.7 Å². The topological polar surface area (TPSA) is 84.2 Å². The molecule has 1 aromatic carbocycles. The molecule has 128 valence electrons. The van der Waals surface area contributed by atoms with Crippen molar-refractivity contribution in [2.45, 2.75) is 45.1 Å². The van der Waals surface area contributed by atoms with Gasteiger partial charge in [-0.2, -0.15) is 5.10 Å². The van der Waals surface area contributed by atoms with Crippen molar-refractivity contribution in [2.24, 2.45) is 0 Å². The molecular formula is C18H23N3O3. The third-order valence-electron chi connectivity index (χ3n) is 3.78. The number of benzene rings is 1. The number of hydrogen-bond donors (Lipinski definition) is 2. The lowest BCUT2D eigenvalue weighted by Crippen LogP contribution is -2.40. The van der Waals surface area contributed by atoms with Crippen LogP contribution in [0.2, 0.25) is 0 Å². The van der Waals surface area contributed by atoms with Crippen LogP contribution in [0.3, 0.4) is 0 Å². The van der Waals surface area contributed by atoms with Crippen LogP contribution >= 0.6 is 0 Å². The van der Waals surface area contributed by atoms with Crippen molar-refractivity contribution >= 4 is 11.9 Å². The second-order valence-corrected chi connectivity index (χ2v) is 5.73. The highest BCUT2D eigenvalue weighted by Gasteiger charge is 2.19. The number of aryl methyl sites for hydroxylation is 1. The number of carboxylic acid groups (broad SMARTS) is 1. The molecule has 1 heterocycles. The molecule has 2 N–H and O–H groups in total. The van der Waals surface area contributed by atoms with Crippen LogP contribution in [0.15, 0.2) is 42.7 Å². The maximum absolute atomic E-state index is 12.0. The van der Waals surface area contributed by atoms with Gasteiger partial charge in [0.25, 0.3) is 0 Å². The van der Waals surface area contributed by atoms with E-state index in [1.54, 1.807) is 10.9 Å². The Labute approximate surface area is 141 Å². The fourth-order valence-corrected chi connectivity index (χ4v) is 2.40. The molecule has 1 aromatic heterocycles. The molecule has 0 aliphatic heterocycles. The summed E-state index contributed by atoms with van der Waals surface area (Å²) < 4.78 is 1.76. The van der Waals surface area contributed by atoms with E-state index in [-0.39, 0.29) is 12.3 Å². The minimum atomic E-state index is -0.978. The number of para-hydroxylation sites is 1. The standard InChI is InChI=1S/C18H23N3O3/c1-2-3-9-16(18(23)24)20-17(22)11-10-14-12-19-21(13-14)15-7-5-4-6-8-15/h4-8,12-13,16H,2-3,9-11H2,1H3,(H,20,22)(H,23,24). The summed E-state index contributed by atoms with van der Waals surface area (Å²) >= 11 is 0. The lowest BCUT2D eigenvalue weighted by Gasteiger charge is -2.13. The van der Waals surface area contributed by atoms with E-state index in [1.807, 2.05) is 43.5 Å². The smallest absolute Gasteiger partial charge is 0.326 e. The first-order valence-electron chi connectivity index (χ1n) is 8.21. The zero-order valence-electron chi connectivity index (χ0n) is 13.8. The number of amides is 1. The molecule has 0 bridgehead atoms. The second-order valence-electron chi connectivity index (χ2n) is 5.73. The van der Waals surface area contributed by atoms with Gasteiger partial charge in [0, 0.05) is 12.6 Å². The lowest BCUT2D eigenvalue weighted by atomic mass is 10.1. The summed E-state index contributed by atoms with van der Waals surface area (Å²) in [6, 6.07) is 8.92. The summed E-state index contributed by atoms with van der Waals surface area (Å²) in [7, 11) is 0. The van der Waals surface area contributed by atoms with Gasteiger partial charge in [0.05, 0.1) is 11.9 Å². The number of nitrogens with one attached hydrogen (secondary N) is 1. The van der Waals surface area contributed by atoms with Crippen LogP contribution < -0.4 is 5.32 Å². The van der Waals surface area contributed by atoms with Crippen LogP contribution in [-0.2, 0) is 16.0 Å². The summed E-state index contributed by atoms with van der Waals surface area (Å²) in [5.41, 5.74) is 1.90. The minimum Gasteiger partial charge on any atom is -0.480 e. The number of aromatic nitrogens is 2. The average Bonchev–Trinajstić information content (AvgIpc) is 3.06. The number of carbonyl (C=O) groups is 2. The molecule has 0 radical (unpaired) electrons. The summed E-state index contributed by atoms with van der Waals surface area (Å²) in [4.78, 5) is 23.1. The number of aliphatic carboxylic acids is 1. The molecule has 24 heavy (non-hydrogen) atoms. The van der Waals surface area contributed by atoms with E-state index in [0.29, 0.717) is 12.8 Å². The van der Waals surface area contributed by atoms with Crippen LogP contribution in [0.1, 0.15) is 38.2 Å². The third kappa shape index (κ3) is 5.22. The maximum Gasteiger partial charge on any atom is 0.326 e. The summed E-state index contributed by atoms with van der Waals surface area (Å²) in [6.07, 6.45) is 6.53. The fourth-order valence-electron chi connectivity index (χ4n) is 2.40. The molecule has 0 saturated carbocycles. The lowest BCUT2D eigenvalue weighted by molar-refractivity contribution is -0.142. The van der Waals surface area contributed by atoms with Gasteiger partial charge < -0.3 is 10.4 Å². The Morgan fingerprint density at radius 2 is 2.04 bits per heavy atom. The predicted octanol–water partition coefficient (Wildman–Crippen LogP) is 2.56. The van der Waals surface area contributed by atoms with E-state index in [0.717, 1.165) is 24.1 Å². The number of unbranched alkanes of at least 4 members (excludes halogenated alkanes) is 1. The van der Waals surface area contributed by atoms with Crippen molar-refractivity contribution in [1.29, 1.82) is 0 Å². The molecule has 6 nitrogen and oxygen atoms in total. The van der Waals surface area contributed by atoms with Gasteiger partial charge in [-0.1, -0.05) is 38.0 Å². The zero-order chi connectivity index (χ0) is 17.4. The monoisotopic (exact) mass is 329 g/mol. The van der Waals surface area contributed by atoms with Gasteiger partial charge >= 0.3 is 5.97 Å². The average molecular weight is 329 g/mol. The van der Waals surface area contributed by atoms with E-state index < -0.39 is 12.0 Å². The highest BCUT2D eigenvalue weighted by atomic mass is 16.4. The number of carboxylic acids is 1. The Morgan fingerprint density at radius 3 is 2.71 bits per heavy atom. The van der Waals surface area contributed by atoms with E-state index in [9.17, 15) is 9.59 Å². The fraction of sp³-hybridized carbons (Fsp3) is 0.389. The summed E-state index contributed by atoms with van der Waals surface area (Å²) in [5.74, 6) is -1.22. The van der Waals surface area contributed by atoms with Gasteiger partial charge in [-0.25, -0.2) is 9.48 Å². The number of hydrogen-bond acceptors (Lipinski definition) is 3. The van der Waals surface area contributed by atoms with Gasteiger partial charge in [-0.05, 0) is 30.5 Å². The highest BCUT2D eigenvalue weighted by molar-refractivity contribution is 5.83. The van der Waals surface area contributed by atoms with Crippen LogP contribution in [0.25, 0.3) is 5.69 Å². The Morgan fingerprint density at radius 1 is 1.29 bits per heavy atom. The van der Waals surface area contributed by atoms with Gasteiger partial charge in [0.1, 0.15) is 6.04 Å². The van der Waals surface area contributed by atoms with Crippen LogP contribution in [0, 0.1) is 0 Å². The predicted molar refractivity (Wildman–Crippen MR) is 91.0 cm³/mol. The van der Waals surface area contributed by atoms with Crippen molar-refractivity contribution in [3.63, 3.8) is 0 Å². The Kier molecular flexibility index (Phi) is 6.54. The summed E-state index contributed by atoms with van der Waals surface area (Å²) in [6.45, 7) is 1.99. The molecule has 1 unspecified atom stereocenters. The summed E-state index contributed by atoms with van der Waals surface area (Å²) in [5, 5.41) is 16.0. The number of nitrogens with zero attached hydrogens (tertiary/aromatic N) is 2. The van der Waals surface area contributed by atoms with Gasteiger partial charge in [0.2, 0.25) is 5.91 Å². The van der Waals surface area contributed by atoms with Gasteiger partial charge in [0.15, 0.2) is 0 Å². The van der Waals surface area contributed by atoms with Gasteiger partial charge in [-0.3, -0.25) is 4.79 Å². The molecule has 0 aliphatic carbocycles. The first kappa shape index (κ1) is 17.7. The molecule has 2 rings (SSSR count). The van der Waals surface area contributed by atoms with E-state index in [4.69, 9.17) is 5.11 Å². The Bertz CT molecular complexity index is 667. The molecule has 0 fully saturated rings. The van der Waals surface area contributed by atoms with Gasteiger partial charge in [-0.15, -0.1) is 0 Å². The Balaban J connectivity index is 1.85. The zero-order valence-corrected chi connectivity index (χ0v) is 13.8.